The highest BCUT2D eigenvalue weighted by atomic mass is 32.1. The average Bonchev–Trinajstić information content (AvgIpc) is 3.02. The van der Waals surface area contributed by atoms with Crippen LogP contribution >= 0.6 is 11.3 Å². The Labute approximate surface area is 160 Å². The molecule has 0 atom stereocenters. The van der Waals surface area contributed by atoms with Crippen LogP contribution < -0.4 is 10.6 Å². The lowest BCUT2D eigenvalue weighted by atomic mass is 9.99. The highest BCUT2D eigenvalue weighted by molar-refractivity contribution is 7.13. The molecule has 8 heteroatoms. The van der Waals surface area contributed by atoms with E-state index in [1.54, 1.807) is 25.1 Å². The van der Waals surface area contributed by atoms with E-state index in [0.29, 0.717) is 22.1 Å². The van der Waals surface area contributed by atoms with Crippen LogP contribution in [-0.2, 0) is 13.0 Å². The zero-order valence-corrected chi connectivity index (χ0v) is 15.8. The number of carbonyl (C=O) groups is 1. The molecule has 0 saturated carbocycles. The number of aryl methyl sites for hydroxylation is 1. The van der Waals surface area contributed by atoms with Gasteiger partial charge in [-0.2, -0.15) is 13.2 Å². The summed E-state index contributed by atoms with van der Waals surface area (Å²) in [7, 11) is 0. The summed E-state index contributed by atoms with van der Waals surface area (Å²) in [5.41, 5.74) is 1.33. The maximum atomic E-state index is 12.7. The Bertz CT molecular complexity index is 798. The fraction of sp³-hybridized carbons (Fsp3) is 0.474. The molecule has 3 rings (SSSR count). The summed E-state index contributed by atoms with van der Waals surface area (Å²) in [6, 6.07) is 6.31. The van der Waals surface area contributed by atoms with Gasteiger partial charge in [0.05, 0.1) is 17.1 Å². The zero-order chi connectivity index (χ0) is 19.4. The highest BCUT2D eigenvalue weighted by Gasteiger charge is 2.29. The molecule has 1 saturated heterocycles. The summed E-state index contributed by atoms with van der Waals surface area (Å²) < 4.78 is 38.2. The minimum atomic E-state index is -4.28. The van der Waals surface area contributed by atoms with Crippen LogP contribution in [-0.4, -0.2) is 30.2 Å². The van der Waals surface area contributed by atoms with E-state index in [4.69, 9.17) is 0 Å². The van der Waals surface area contributed by atoms with Crippen molar-refractivity contribution in [1.29, 1.82) is 0 Å². The first-order chi connectivity index (χ1) is 12.8. The van der Waals surface area contributed by atoms with Gasteiger partial charge in [-0.25, -0.2) is 4.98 Å². The molecule has 1 amide bonds. The standard InChI is InChI=1S/C19H22F3N3OS/c1-12-16(27-18(25-12)13-6-8-23-9-7-13)17(26)24-11-15-5-3-2-4-14(15)10-19(20,21)22/h2-5,13,23H,6-11H2,1H3,(H,24,26). The van der Waals surface area contributed by atoms with Crippen molar-refractivity contribution in [2.45, 2.75) is 44.8 Å². The molecule has 0 unspecified atom stereocenters. The van der Waals surface area contributed by atoms with E-state index in [2.05, 4.69) is 15.6 Å². The van der Waals surface area contributed by atoms with Crippen molar-refractivity contribution in [3.63, 3.8) is 0 Å². The quantitative estimate of drug-likeness (QED) is 0.803. The lowest BCUT2D eigenvalue weighted by molar-refractivity contribution is -0.127. The number of carbonyl (C=O) groups excluding carboxylic acids is 1. The van der Waals surface area contributed by atoms with Crippen LogP contribution in [0.5, 0.6) is 0 Å². The molecule has 1 aromatic heterocycles. The van der Waals surface area contributed by atoms with Crippen molar-refractivity contribution in [2.75, 3.05) is 13.1 Å². The predicted molar refractivity (Wildman–Crippen MR) is 99.1 cm³/mol. The molecule has 146 valence electrons. The first-order valence-electron chi connectivity index (χ1n) is 8.93. The van der Waals surface area contributed by atoms with E-state index in [-0.39, 0.29) is 18.0 Å². The fourth-order valence-electron chi connectivity index (χ4n) is 3.25. The average molecular weight is 397 g/mol. The topological polar surface area (TPSA) is 54.0 Å². The lowest BCUT2D eigenvalue weighted by Crippen LogP contribution is -2.26. The second-order valence-electron chi connectivity index (χ2n) is 6.73. The molecule has 1 aliphatic heterocycles. The highest BCUT2D eigenvalue weighted by Crippen LogP contribution is 2.31. The van der Waals surface area contributed by atoms with Gasteiger partial charge in [-0.05, 0) is 44.0 Å². The number of hydrogen-bond donors (Lipinski definition) is 2. The fourth-order valence-corrected chi connectivity index (χ4v) is 4.40. The Hall–Kier alpha value is -1.93. The maximum absolute atomic E-state index is 12.7. The number of hydrogen-bond acceptors (Lipinski definition) is 4. The number of thiazole rings is 1. The number of nitrogens with one attached hydrogen (secondary N) is 2. The van der Waals surface area contributed by atoms with Crippen LogP contribution in [0, 0.1) is 6.92 Å². The number of halogens is 3. The summed E-state index contributed by atoms with van der Waals surface area (Å²) in [4.78, 5) is 17.7. The van der Waals surface area contributed by atoms with Crippen molar-refractivity contribution in [2.24, 2.45) is 0 Å². The number of benzene rings is 1. The van der Waals surface area contributed by atoms with E-state index in [9.17, 15) is 18.0 Å². The van der Waals surface area contributed by atoms with Crippen molar-refractivity contribution < 1.29 is 18.0 Å². The van der Waals surface area contributed by atoms with Crippen molar-refractivity contribution >= 4 is 17.2 Å². The van der Waals surface area contributed by atoms with Gasteiger partial charge in [0.25, 0.3) is 5.91 Å². The van der Waals surface area contributed by atoms with E-state index < -0.39 is 12.6 Å². The molecule has 1 fully saturated rings. The normalized spacial score (nSPS) is 15.7. The maximum Gasteiger partial charge on any atom is 0.393 e. The summed E-state index contributed by atoms with van der Waals surface area (Å²) >= 11 is 1.39. The predicted octanol–water partition coefficient (Wildman–Crippen LogP) is 3.95. The SMILES string of the molecule is Cc1nc(C2CCNCC2)sc1C(=O)NCc1ccccc1CC(F)(F)F. The molecule has 1 aromatic carbocycles. The van der Waals surface area contributed by atoms with E-state index >= 15 is 0 Å². The Morgan fingerprint density at radius 3 is 2.59 bits per heavy atom. The number of rotatable bonds is 5. The largest absolute Gasteiger partial charge is 0.393 e. The number of alkyl halides is 3. The summed E-state index contributed by atoms with van der Waals surface area (Å²) in [6.45, 7) is 3.75. The van der Waals surface area contributed by atoms with Crippen LogP contribution in [0.2, 0.25) is 0 Å². The molecule has 1 aliphatic rings. The lowest BCUT2D eigenvalue weighted by Gasteiger charge is -2.20. The van der Waals surface area contributed by atoms with Gasteiger partial charge in [0, 0.05) is 12.5 Å². The minimum absolute atomic E-state index is 0.0606. The van der Waals surface area contributed by atoms with Crippen LogP contribution in [0.15, 0.2) is 24.3 Å². The molecule has 2 N–H and O–H groups in total. The minimum Gasteiger partial charge on any atom is -0.347 e. The Kier molecular flexibility index (Phi) is 6.16. The van der Waals surface area contributed by atoms with Gasteiger partial charge in [-0.15, -0.1) is 11.3 Å². The Morgan fingerprint density at radius 1 is 1.26 bits per heavy atom. The van der Waals surface area contributed by atoms with Gasteiger partial charge in [0.1, 0.15) is 4.88 Å². The third-order valence-corrected chi connectivity index (χ3v) is 5.98. The van der Waals surface area contributed by atoms with E-state index in [1.807, 2.05) is 0 Å². The van der Waals surface area contributed by atoms with Gasteiger partial charge in [0.2, 0.25) is 0 Å². The Morgan fingerprint density at radius 2 is 1.93 bits per heavy atom. The molecule has 2 heterocycles. The van der Waals surface area contributed by atoms with Gasteiger partial charge in [-0.3, -0.25) is 4.79 Å². The van der Waals surface area contributed by atoms with E-state index in [0.717, 1.165) is 30.9 Å². The monoisotopic (exact) mass is 397 g/mol. The smallest absolute Gasteiger partial charge is 0.347 e. The molecule has 0 aliphatic carbocycles. The number of piperidine rings is 1. The molecule has 0 bridgehead atoms. The second-order valence-corrected chi connectivity index (χ2v) is 7.76. The van der Waals surface area contributed by atoms with Crippen molar-refractivity contribution in [3.8, 4) is 0 Å². The molecular weight excluding hydrogens is 375 g/mol. The molecule has 2 aromatic rings. The second kappa shape index (κ2) is 8.39. The molecule has 4 nitrogen and oxygen atoms in total. The number of amides is 1. The Balaban J connectivity index is 1.67. The molecule has 0 radical (unpaired) electrons. The van der Waals surface area contributed by atoms with Crippen LogP contribution in [0.3, 0.4) is 0 Å². The van der Waals surface area contributed by atoms with Crippen LogP contribution in [0.4, 0.5) is 13.2 Å². The van der Waals surface area contributed by atoms with Crippen molar-refractivity contribution in [1.82, 2.24) is 15.6 Å². The van der Waals surface area contributed by atoms with Gasteiger partial charge in [-0.1, -0.05) is 24.3 Å². The molecular formula is C19H22F3N3OS. The van der Waals surface area contributed by atoms with Crippen LogP contribution in [0.1, 0.15) is 50.3 Å². The third-order valence-electron chi connectivity index (χ3n) is 4.66. The van der Waals surface area contributed by atoms with E-state index in [1.165, 1.54) is 17.4 Å². The van der Waals surface area contributed by atoms with Crippen molar-refractivity contribution in [3.05, 3.63) is 51.0 Å². The number of nitrogens with zero attached hydrogens (tertiary/aromatic N) is 1. The van der Waals surface area contributed by atoms with Gasteiger partial charge >= 0.3 is 6.18 Å². The van der Waals surface area contributed by atoms with Gasteiger partial charge in [0.15, 0.2) is 0 Å². The first kappa shape index (κ1) is 19.8. The summed E-state index contributed by atoms with van der Waals surface area (Å²) in [5.74, 6) is 0.0796. The van der Waals surface area contributed by atoms with Gasteiger partial charge < -0.3 is 10.6 Å². The molecule has 0 spiro atoms. The number of aromatic nitrogens is 1. The summed E-state index contributed by atoms with van der Waals surface area (Å²) in [6.07, 6.45) is -3.28. The first-order valence-corrected chi connectivity index (χ1v) is 9.75. The summed E-state index contributed by atoms with van der Waals surface area (Å²) in [5, 5.41) is 7.03. The third kappa shape index (κ3) is 5.29. The molecule has 27 heavy (non-hydrogen) atoms. The van der Waals surface area contributed by atoms with Crippen LogP contribution in [0.25, 0.3) is 0 Å². The zero-order valence-electron chi connectivity index (χ0n) is 15.0.